The SMILES string of the molecule is CCCCCCCCCCCc1ccc(Oc2cc([O-])cc(S(=O)(=O)O)c2)cc1.[Na+]. The van der Waals surface area contributed by atoms with E-state index in [1.54, 1.807) is 12.1 Å². The molecule has 5 nitrogen and oxygen atoms in total. The van der Waals surface area contributed by atoms with E-state index in [0.717, 1.165) is 25.0 Å². The predicted molar refractivity (Wildman–Crippen MR) is 113 cm³/mol. The third-order valence-corrected chi connectivity index (χ3v) is 5.71. The zero-order chi connectivity index (χ0) is 21.1. The number of aryl methyl sites for hydroxylation is 1. The van der Waals surface area contributed by atoms with Gasteiger partial charge in [0.15, 0.2) is 0 Å². The van der Waals surface area contributed by atoms with Gasteiger partial charge in [-0.05, 0) is 42.7 Å². The summed E-state index contributed by atoms with van der Waals surface area (Å²) in [6, 6.07) is 10.7. The maximum absolute atomic E-state index is 11.6. The molecule has 1 N–H and O–H groups in total. The second-order valence-electron chi connectivity index (χ2n) is 7.44. The standard InChI is InChI=1S/C23H32O5S.Na/c1-2-3-4-5-6-7-8-9-10-11-19-12-14-21(15-13-19)28-22-16-20(24)17-23(18-22)29(25,26)27;/h12-18,24H,2-11H2,1H3,(H,25,26,27);/q;+1/p-1. The van der Waals surface area contributed by atoms with E-state index in [4.69, 9.17) is 9.29 Å². The van der Waals surface area contributed by atoms with Crippen molar-refractivity contribution in [3.05, 3.63) is 48.0 Å². The van der Waals surface area contributed by atoms with Crippen molar-refractivity contribution in [3.63, 3.8) is 0 Å². The predicted octanol–water partition coefficient (Wildman–Crippen LogP) is 2.88. The summed E-state index contributed by atoms with van der Waals surface area (Å²) in [7, 11) is -4.45. The van der Waals surface area contributed by atoms with Gasteiger partial charge in [0.25, 0.3) is 10.1 Å². The maximum Gasteiger partial charge on any atom is 1.00 e. The molecule has 7 heteroatoms. The smallest absolute Gasteiger partial charge is 0.872 e. The molecule has 0 aliphatic rings. The van der Waals surface area contributed by atoms with Crippen LogP contribution in [0.5, 0.6) is 17.2 Å². The van der Waals surface area contributed by atoms with Crippen molar-refractivity contribution in [1.29, 1.82) is 0 Å². The van der Waals surface area contributed by atoms with Crippen LogP contribution in [0.15, 0.2) is 47.4 Å². The minimum absolute atomic E-state index is 0. The topological polar surface area (TPSA) is 86.7 Å². The van der Waals surface area contributed by atoms with Crippen molar-refractivity contribution in [2.24, 2.45) is 0 Å². The molecule has 2 aromatic carbocycles. The molecule has 0 aromatic heterocycles. The van der Waals surface area contributed by atoms with Gasteiger partial charge < -0.3 is 9.84 Å². The molecular weight excluding hydrogens is 411 g/mol. The molecule has 0 unspecified atom stereocenters. The van der Waals surface area contributed by atoms with Crippen molar-refractivity contribution in [1.82, 2.24) is 0 Å². The van der Waals surface area contributed by atoms with Crippen molar-refractivity contribution in [3.8, 4) is 17.2 Å². The zero-order valence-electron chi connectivity index (χ0n) is 18.1. The van der Waals surface area contributed by atoms with Gasteiger partial charge in [-0.1, -0.05) is 70.4 Å². The number of benzene rings is 2. The summed E-state index contributed by atoms with van der Waals surface area (Å²) in [5.41, 5.74) is 1.22. The van der Waals surface area contributed by atoms with Crippen LogP contribution in [0.2, 0.25) is 0 Å². The van der Waals surface area contributed by atoms with Crippen LogP contribution in [0.4, 0.5) is 0 Å². The van der Waals surface area contributed by atoms with Crippen LogP contribution < -0.4 is 39.4 Å². The molecule has 0 amide bonds. The molecule has 0 fully saturated rings. The first kappa shape index (κ1) is 27.0. The van der Waals surface area contributed by atoms with E-state index in [-0.39, 0.29) is 35.3 Å². The molecule has 2 rings (SSSR count). The Bertz CT molecular complexity index is 850. The van der Waals surface area contributed by atoms with E-state index in [2.05, 4.69) is 6.92 Å². The normalized spacial score (nSPS) is 11.1. The summed E-state index contributed by atoms with van der Waals surface area (Å²) in [6.45, 7) is 2.24. The Morgan fingerprint density at radius 3 is 1.97 bits per heavy atom. The second-order valence-corrected chi connectivity index (χ2v) is 8.86. The molecule has 0 bridgehead atoms. The van der Waals surface area contributed by atoms with Gasteiger partial charge in [0.05, 0.1) is 4.90 Å². The monoisotopic (exact) mass is 442 g/mol. The third-order valence-electron chi connectivity index (χ3n) is 4.88. The molecule has 160 valence electrons. The van der Waals surface area contributed by atoms with E-state index in [1.165, 1.54) is 63.0 Å². The first-order chi connectivity index (χ1) is 13.9. The molecule has 0 atom stereocenters. The Balaban J connectivity index is 0.00000450. The van der Waals surface area contributed by atoms with E-state index in [9.17, 15) is 13.5 Å². The second kappa shape index (κ2) is 14.1. The number of ether oxygens (including phenoxy) is 1. The van der Waals surface area contributed by atoms with Crippen LogP contribution in [0.25, 0.3) is 0 Å². The Morgan fingerprint density at radius 2 is 1.40 bits per heavy atom. The quantitative estimate of drug-likeness (QED) is 0.293. The molecular formula is C23H31NaO5S. The van der Waals surface area contributed by atoms with E-state index in [1.807, 2.05) is 12.1 Å². The molecule has 30 heavy (non-hydrogen) atoms. The average Bonchev–Trinajstić information content (AvgIpc) is 2.67. The fraction of sp³-hybridized carbons (Fsp3) is 0.478. The van der Waals surface area contributed by atoms with E-state index < -0.39 is 20.8 Å². The summed E-state index contributed by atoms with van der Waals surface area (Å²) in [6.07, 6.45) is 12.7. The number of unbranched alkanes of at least 4 members (excludes halogenated alkanes) is 8. The summed E-state index contributed by atoms with van der Waals surface area (Å²) >= 11 is 0. The zero-order valence-corrected chi connectivity index (χ0v) is 20.9. The van der Waals surface area contributed by atoms with E-state index >= 15 is 0 Å². The van der Waals surface area contributed by atoms with Gasteiger partial charge in [-0.3, -0.25) is 4.55 Å². The van der Waals surface area contributed by atoms with Gasteiger partial charge in [0.2, 0.25) is 0 Å². The third kappa shape index (κ3) is 10.3. The number of hydrogen-bond acceptors (Lipinski definition) is 4. The minimum atomic E-state index is -4.45. The molecule has 0 spiro atoms. The fourth-order valence-corrected chi connectivity index (χ4v) is 3.78. The minimum Gasteiger partial charge on any atom is -0.872 e. The van der Waals surface area contributed by atoms with Crippen LogP contribution in [-0.4, -0.2) is 13.0 Å². The van der Waals surface area contributed by atoms with Crippen LogP contribution in [0.3, 0.4) is 0 Å². The summed E-state index contributed by atoms with van der Waals surface area (Å²) in [5, 5.41) is 11.6. The van der Waals surface area contributed by atoms with Crippen LogP contribution in [-0.2, 0) is 16.5 Å². The van der Waals surface area contributed by atoms with Gasteiger partial charge in [-0.15, -0.1) is 5.75 Å². The molecule has 0 radical (unpaired) electrons. The van der Waals surface area contributed by atoms with Gasteiger partial charge in [0.1, 0.15) is 11.5 Å². The van der Waals surface area contributed by atoms with Gasteiger partial charge in [-0.25, -0.2) is 0 Å². The van der Waals surface area contributed by atoms with Gasteiger partial charge >= 0.3 is 29.6 Å². The van der Waals surface area contributed by atoms with Crippen molar-refractivity contribution in [2.45, 2.75) is 76.0 Å². The Morgan fingerprint density at radius 1 is 0.833 bits per heavy atom. The first-order valence-electron chi connectivity index (χ1n) is 10.4. The molecule has 0 heterocycles. The summed E-state index contributed by atoms with van der Waals surface area (Å²) in [5.74, 6) is 0.0432. The van der Waals surface area contributed by atoms with Gasteiger partial charge in [0, 0.05) is 6.07 Å². The molecule has 0 saturated heterocycles. The van der Waals surface area contributed by atoms with Crippen molar-refractivity contribution in [2.75, 3.05) is 0 Å². The Labute approximate surface area is 202 Å². The molecule has 0 aliphatic carbocycles. The van der Waals surface area contributed by atoms with Crippen LogP contribution in [0.1, 0.15) is 70.3 Å². The van der Waals surface area contributed by atoms with E-state index in [0.29, 0.717) is 5.75 Å². The van der Waals surface area contributed by atoms with Crippen molar-refractivity contribution >= 4 is 10.1 Å². The summed E-state index contributed by atoms with van der Waals surface area (Å²) in [4.78, 5) is -0.470. The van der Waals surface area contributed by atoms with Crippen molar-refractivity contribution < 1.29 is 52.4 Å². The first-order valence-corrected chi connectivity index (χ1v) is 11.9. The molecule has 2 aromatic rings. The fourth-order valence-electron chi connectivity index (χ4n) is 3.25. The molecule has 0 saturated carbocycles. The molecule has 0 aliphatic heterocycles. The maximum atomic E-state index is 11.6. The Hall–Kier alpha value is -1.05. The number of rotatable bonds is 13. The van der Waals surface area contributed by atoms with Gasteiger partial charge in [-0.2, -0.15) is 8.42 Å². The van der Waals surface area contributed by atoms with Crippen LogP contribution in [0, 0.1) is 0 Å². The largest absolute Gasteiger partial charge is 1.00 e. The average molecular weight is 443 g/mol. The van der Waals surface area contributed by atoms with Crippen LogP contribution >= 0.6 is 0 Å². The number of hydrogen-bond donors (Lipinski definition) is 1. The summed E-state index contributed by atoms with van der Waals surface area (Å²) < 4.78 is 37.1. The Kier molecular flexibility index (Phi) is 12.7.